The topological polar surface area (TPSA) is 66.9 Å². The molecule has 0 aliphatic carbocycles. The lowest BCUT2D eigenvalue weighted by Gasteiger charge is -2.08. The number of hydrogen-bond acceptors (Lipinski definition) is 5. The fraction of sp³-hybridized carbons (Fsp3) is 0.583. The Hall–Kier alpha value is -1.30. The number of nitrogens with zero attached hydrogens (tertiary/aromatic N) is 2. The number of nitrogens with one attached hydrogen (secondary N) is 2. The second-order valence-electron chi connectivity index (χ2n) is 3.75. The summed E-state index contributed by atoms with van der Waals surface area (Å²) in [6.45, 7) is 5.02. The van der Waals surface area contributed by atoms with E-state index in [0.717, 1.165) is 36.1 Å². The van der Waals surface area contributed by atoms with E-state index in [2.05, 4.69) is 27.5 Å². The molecule has 1 heterocycles. The smallest absolute Gasteiger partial charge is 0.230 e. The first-order valence-corrected chi connectivity index (χ1v) is 7.13. The van der Waals surface area contributed by atoms with E-state index in [-0.39, 0.29) is 5.91 Å². The third kappa shape index (κ3) is 4.91. The summed E-state index contributed by atoms with van der Waals surface area (Å²) < 4.78 is 0. The van der Waals surface area contributed by atoms with Crippen LogP contribution in [-0.4, -0.2) is 35.2 Å². The van der Waals surface area contributed by atoms with Crippen molar-refractivity contribution in [1.29, 1.82) is 0 Å². The van der Waals surface area contributed by atoms with Gasteiger partial charge in [-0.05, 0) is 6.42 Å². The lowest BCUT2D eigenvalue weighted by Crippen LogP contribution is -2.19. The third-order valence-corrected chi connectivity index (χ3v) is 3.16. The van der Waals surface area contributed by atoms with Crippen molar-refractivity contribution in [2.75, 3.05) is 24.7 Å². The van der Waals surface area contributed by atoms with Crippen LogP contribution >= 0.6 is 11.8 Å². The van der Waals surface area contributed by atoms with Crippen molar-refractivity contribution in [3.8, 4) is 0 Å². The van der Waals surface area contributed by atoms with Gasteiger partial charge in [-0.15, -0.1) is 0 Å². The van der Waals surface area contributed by atoms with Gasteiger partial charge in [0.2, 0.25) is 5.91 Å². The Labute approximate surface area is 112 Å². The Kier molecular flexibility index (Phi) is 6.49. The summed E-state index contributed by atoms with van der Waals surface area (Å²) in [5.74, 6) is 2.02. The van der Waals surface area contributed by atoms with E-state index < -0.39 is 0 Å². The van der Waals surface area contributed by atoms with Crippen molar-refractivity contribution in [2.24, 2.45) is 0 Å². The van der Waals surface area contributed by atoms with E-state index in [1.54, 1.807) is 7.05 Å². The molecule has 18 heavy (non-hydrogen) atoms. The fourth-order valence-electron chi connectivity index (χ4n) is 1.26. The van der Waals surface area contributed by atoms with Crippen LogP contribution in [0.25, 0.3) is 0 Å². The highest BCUT2D eigenvalue weighted by atomic mass is 32.2. The Morgan fingerprint density at radius 3 is 2.78 bits per heavy atom. The van der Waals surface area contributed by atoms with Crippen molar-refractivity contribution in [3.05, 3.63) is 11.9 Å². The first-order valence-electron chi connectivity index (χ1n) is 6.14. The largest absolute Gasteiger partial charge is 0.370 e. The zero-order valence-corrected chi connectivity index (χ0v) is 11.9. The molecule has 0 saturated carbocycles. The molecule has 0 aliphatic heterocycles. The Balaban J connectivity index is 2.73. The van der Waals surface area contributed by atoms with E-state index in [9.17, 15) is 4.79 Å². The van der Waals surface area contributed by atoms with Crippen LogP contribution in [0.3, 0.4) is 0 Å². The molecule has 0 aliphatic rings. The maximum atomic E-state index is 11.2. The molecule has 6 heteroatoms. The quantitative estimate of drug-likeness (QED) is 0.582. The SMILES string of the molecule is CCCNc1cc(SCC(=O)NC)nc(CC)n1. The molecule has 0 radical (unpaired) electrons. The number of carbonyl (C=O) groups is 1. The maximum Gasteiger partial charge on any atom is 0.230 e. The van der Waals surface area contributed by atoms with Gasteiger partial charge in [0.25, 0.3) is 0 Å². The standard InChI is InChI=1S/C12H20N4OS/c1-4-6-14-10-7-12(16-9(5-2)15-10)18-8-11(17)13-3/h7H,4-6,8H2,1-3H3,(H,13,17)(H,14,15,16). The molecule has 1 rings (SSSR count). The van der Waals surface area contributed by atoms with Gasteiger partial charge in [-0.2, -0.15) is 0 Å². The van der Waals surface area contributed by atoms with Gasteiger partial charge in [0, 0.05) is 26.1 Å². The number of aromatic nitrogens is 2. The Bertz CT molecular complexity index is 398. The summed E-state index contributed by atoms with van der Waals surface area (Å²) in [4.78, 5) is 20.0. The summed E-state index contributed by atoms with van der Waals surface area (Å²) in [5, 5.41) is 6.68. The van der Waals surface area contributed by atoms with Gasteiger partial charge < -0.3 is 10.6 Å². The molecule has 1 amide bonds. The number of hydrogen-bond donors (Lipinski definition) is 2. The second kappa shape index (κ2) is 7.92. The normalized spacial score (nSPS) is 10.2. The van der Waals surface area contributed by atoms with E-state index in [4.69, 9.17) is 0 Å². The summed E-state index contributed by atoms with van der Waals surface area (Å²) >= 11 is 1.43. The fourth-order valence-corrected chi connectivity index (χ4v) is 2.05. The van der Waals surface area contributed by atoms with Crippen LogP contribution in [0.5, 0.6) is 0 Å². The minimum absolute atomic E-state index is 0.000252. The zero-order valence-electron chi connectivity index (χ0n) is 11.1. The minimum atomic E-state index is -0.000252. The third-order valence-electron chi connectivity index (χ3n) is 2.25. The Morgan fingerprint density at radius 2 is 2.17 bits per heavy atom. The molecule has 0 atom stereocenters. The van der Waals surface area contributed by atoms with Crippen molar-refractivity contribution in [1.82, 2.24) is 15.3 Å². The van der Waals surface area contributed by atoms with Gasteiger partial charge in [0.05, 0.1) is 5.75 Å². The molecule has 0 fully saturated rings. The van der Waals surface area contributed by atoms with E-state index >= 15 is 0 Å². The van der Waals surface area contributed by atoms with Crippen LogP contribution in [0, 0.1) is 0 Å². The molecule has 1 aromatic rings. The van der Waals surface area contributed by atoms with E-state index in [1.807, 2.05) is 13.0 Å². The highest BCUT2D eigenvalue weighted by Gasteiger charge is 2.06. The molecule has 0 unspecified atom stereocenters. The molecular formula is C12H20N4OS. The monoisotopic (exact) mass is 268 g/mol. The lowest BCUT2D eigenvalue weighted by atomic mass is 10.4. The van der Waals surface area contributed by atoms with Crippen molar-refractivity contribution < 1.29 is 4.79 Å². The van der Waals surface area contributed by atoms with Crippen LogP contribution in [-0.2, 0) is 11.2 Å². The van der Waals surface area contributed by atoms with Crippen LogP contribution in [0.4, 0.5) is 5.82 Å². The summed E-state index contributed by atoms with van der Waals surface area (Å²) in [6.07, 6.45) is 1.83. The number of anilines is 1. The molecule has 0 bridgehead atoms. The first-order chi connectivity index (χ1) is 8.69. The maximum absolute atomic E-state index is 11.2. The number of amides is 1. The van der Waals surface area contributed by atoms with Gasteiger partial charge in [-0.1, -0.05) is 25.6 Å². The summed E-state index contributed by atoms with van der Waals surface area (Å²) in [6, 6.07) is 1.89. The molecule has 5 nitrogen and oxygen atoms in total. The highest BCUT2D eigenvalue weighted by molar-refractivity contribution is 7.99. The molecule has 1 aromatic heterocycles. The number of carbonyl (C=O) groups excluding carboxylic acids is 1. The second-order valence-corrected chi connectivity index (χ2v) is 4.75. The minimum Gasteiger partial charge on any atom is -0.370 e. The molecular weight excluding hydrogens is 248 g/mol. The molecule has 0 aromatic carbocycles. The van der Waals surface area contributed by atoms with Crippen LogP contribution in [0.2, 0.25) is 0 Å². The molecule has 2 N–H and O–H groups in total. The average molecular weight is 268 g/mol. The zero-order chi connectivity index (χ0) is 13.4. The van der Waals surface area contributed by atoms with Crippen LogP contribution in [0.1, 0.15) is 26.1 Å². The predicted molar refractivity (Wildman–Crippen MR) is 75.0 cm³/mol. The van der Waals surface area contributed by atoms with Crippen molar-refractivity contribution in [2.45, 2.75) is 31.7 Å². The van der Waals surface area contributed by atoms with Gasteiger partial charge in [0.15, 0.2) is 0 Å². The van der Waals surface area contributed by atoms with Crippen LogP contribution < -0.4 is 10.6 Å². The highest BCUT2D eigenvalue weighted by Crippen LogP contribution is 2.18. The lowest BCUT2D eigenvalue weighted by molar-refractivity contribution is -0.118. The number of rotatable bonds is 7. The van der Waals surface area contributed by atoms with Gasteiger partial charge in [0.1, 0.15) is 16.7 Å². The summed E-state index contributed by atoms with van der Waals surface area (Å²) in [5.41, 5.74) is 0. The van der Waals surface area contributed by atoms with Crippen molar-refractivity contribution >= 4 is 23.5 Å². The van der Waals surface area contributed by atoms with Crippen molar-refractivity contribution in [3.63, 3.8) is 0 Å². The predicted octanol–water partition coefficient (Wildman–Crippen LogP) is 1.70. The molecule has 0 spiro atoms. The van der Waals surface area contributed by atoms with Crippen LogP contribution in [0.15, 0.2) is 11.1 Å². The Morgan fingerprint density at radius 1 is 1.39 bits per heavy atom. The van der Waals surface area contributed by atoms with Gasteiger partial charge in [-0.3, -0.25) is 4.79 Å². The number of aryl methyl sites for hydroxylation is 1. The van der Waals surface area contributed by atoms with Gasteiger partial charge in [-0.25, -0.2) is 9.97 Å². The molecule has 0 saturated heterocycles. The average Bonchev–Trinajstić information content (AvgIpc) is 2.42. The summed E-state index contributed by atoms with van der Waals surface area (Å²) in [7, 11) is 1.63. The first kappa shape index (κ1) is 14.8. The van der Waals surface area contributed by atoms with E-state index in [0.29, 0.717) is 5.75 Å². The van der Waals surface area contributed by atoms with E-state index in [1.165, 1.54) is 11.8 Å². The number of thioether (sulfide) groups is 1. The molecule has 100 valence electrons. The van der Waals surface area contributed by atoms with Gasteiger partial charge >= 0.3 is 0 Å².